The lowest BCUT2D eigenvalue weighted by molar-refractivity contribution is -0.0504. The minimum atomic E-state index is -2.86. The molecule has 0 spiro atoms. The van der Waals surface area contributed by atoms with Gasteiger partial charge in [0.25, 0.3) is 0 Å². The lowest BCUT2D eigenvalue weighted by atomic mass is 10.2. The van der Waals surface area contributed by atoms with Gasteiger partial charge in [-0.2, -0.15) is 8.78 Å². The minimum absolute atomic E-state index is 0. The number of ether oxygens (including phenoxy) is 1. The second kappa shape index (κ2) is 11.3. The first-order chi connectivity index (χ1) is 13.5. The number of halogens is 3. The summed E-state index contributed by atoms with van der Waals surface area (Å²) in [4.78, 5) is 4.59. The summed E-state index contributed by atoms with van der Waals surface area (Å²) in [6.07, 6.45) is 4.57. The fourth-order valence-corrected chi connectivity index (χ4v) is 3.19. The minimum Gasteiger partial charge on any atom is -0.434 e. The zero-order valence-corrected chi connectivity index (χ0v) is 18.9. The summed E-state index contributed by atoms with van der Waals surface area (Å²) in [7, 11) is 1.91. The largest absolute Gasteiger partial charge is 0.434 e. The second-order valence-electron chi connectivity index (χ2n) is 6.85. The van der Waals surface area contributed by atoms with Gasteiger partial charge in [0.1, 0.15) is 11.6 Å². The monoisotopic (exact) mass is 520 g/mol. The van der Waals surface area contributed by atoms with E-state index < -0.39 is 6.61 Å². The van der Waals surface area contributed by atoms with E-state index in [9.17, 15) is 8.78 Å². The maximum Gasteiger partial charge on any atom is 0.387 e. The molecule has 1 saturated carbocycles. The van der Waals surface area contributed by atoms with Crippen molar-refractivity contribution in [1.29, 1.82) is 0 Å². The molecule has 1 aromatic heterocycles. The Bertz CT molecular complexity index is 808. The number of hydrogen-bond acceptors (Lipinski definition) is 4. The Morgan fingerprint density at radius 2 is 2.00 bits per heavy atom. The molecule has 10 heteroatoms. The van der Waals surface area contributed by atoms with Crippen molar-refractivity contribution in [3.05, 3.63) is 41.5 Å². The van der Waals surface area contributed by atoms with Gasteiger partial charge in [-0.1, -0.05) is 31.0 Å². The summed E-state index contributed by atoms with van der Waals surface area (Å²) < 4.78 is 31.7. The molecule has 29 heavy (non-hydrogen) atoms. The summed E-state index contributed by atoms with van der Waals surface area (Å²) >= 11 is 0. The molecule has 1 fully saturated rings. The Kier molecular flexibility index (Phi) is 9.05. The van der Waals surface area contributed by atoms with Crippen molar-refractivity contribution in [2.75, 3.05) is 0 Å². The number of alkyl halides is 2. The van der Waals surface area contributed by atoms with Gasteiger partial charge in [0, 0.05) is 18.7 Å². The number of aryl methyl sites for hydroxylation is 1. The standard InChI is InChI=1S/C19H26F2N6O.HI/c1-13-25-26-17(27(13)2)12-23-19(24-15-8-4-5-9-15)22-11-14-7-3-6-10-16(14)28-18(20)21;/h3,6-7,10,15,18H,4-5,8-9,11-12H2,1-2H3,(H2,22,23,24);1H. The molecule has 1 aliphatic carbocycles. The highest BCUT2D eigenvalue weighted by Gasteiger charge is 2.17. The summed E-state index contributed by atoms with van der Waals surface area (Å²) in [5.41, 5.74) is 0.602. The number of nitrogens with zero attached hydrogens (tertiary/aromatic N) is 4. The van der Waals surface area contributed by atoms with Crippen molar-refractivity contribution in [2.45, 2.75) is 58.3 Å². The topological polar surface area (TPSA) is 76.4 Å². The van der Waals surface area contributed by atoms with E-state index in [-0.39, 0.29) is 36.3 Å². The number of aliphatic imine (C=N–C) groups is 1. The molecular weight excluding hydrogens is 493 g/mol. The van der Waals surface area contributed by atoms with Crippen molar-refractivity contribution in [1.82, 2.24) is 25.4 Å². The molecule has 7 nitrogen and oxygen atoms in total. The van der Waals surface area contributed by atoms with Crippen molar-refractivity contribution in [3.63, 3.8) is 0 Å². The summed E-state index contributed by atoms with van der Waals surface area (Å²) in [5.74, 6) is 2.39. The van der Waals surface area contributed by atoms with Crippen LogP contribution in [0.25, 0.3) is 0 Å². The van der Waals surface area contributed by atoms with E-state index in [2.05, 4.69) is 30.6 Å². The molecule has 2 aromatic rings. The van der Waals surface area contributed by atoms with Gasteiger partial charge < -0.3 is 19.9 Å². The smallest absolute Gasteiger partial charge is 0.387 e. The number of para-hydroxylation sites is 1. The average Bonchev–Trinajstić information content (AvgIpc) is 3.29. The van der Waals surface area contributed by atoms with Crippen LogP contribution >= 0.6 is 24.0 Å². The van der Waals surface area contributed by atoms with Crippen LogP contribution in [-0.2, 0) is 20.1 Å². The lowest BCUT2D eigenvalue weighted by Crippen LogP contribution is -2.42. The predicted molar refractivity (Wildman–Crippen MR) is 118 cm³/mol. The van der Waals surface area contributed by atoms with Crippen LogP contribution < -0.4 is 15.4 Å². The van der Waals surface area contributed by atoms with Crippen LogP contribution in [0.3, 0.4) is 0 Å². The molecule has 160 valence electrons. The Hall–Kier alpha value is -1.98. The Labute approximate surface area is 186 Å². The van der Waals surface area contributed by atoms with Crippen LogP contribution in [0.2, 0.25) is 0 Å². The molecule has 0 atom stereocenters. The first-order valence-electron chi connectivity index (χ1n) is 9.45. The third-order valence-corrected chi connectivity index (χ3v) is 4.89. The number of rotatable bonds is 7. The quantitative estimate of drug-likeness (QED) is 0.332. The highest BCUT2D eigenvalue weighted by atomic mass is 127. The van der Waals surface area contributed by atoms with Gasteiger partial charge in [0.2, 0.25) is 0 Å². The molecule has 1 aromatic carbocycles. The third-order valence-electron chi connectivity index (χ3n) is 4.89. The highest BCUT2D eigenvalue weighted by Crippen LogP contribution is 2.21. The first-order valence-corrected chi connectivity index (χ1v) is 9.45. The lowest BCUT2D eigenvalue weighted by Gasteiger charge is -2.17. The van der Waals surface area contributed by atoms with E-state index >= 15 is 0 Å². The fraction of sp³-hybridized carbons (Fsp3) is 0.526. The number of hydrogen-bond donors (Lipinski definition) is 2. The van der Waals surface area contributed by atoms with Gasteiger partial charge >= 0.3 is 6.61 Å². The SMILES string of the molecule is Cc1nnc(CNC(=NCc2ccccc2OC(F)F)NC2CCCC2)n1C.I. The number of guanidine groups is 1. The van der Waals surface area contributed by atoms with E-state index in [1.807, 2.05) is 18.5 Å². The van der Waals surface area contributed by atoms with Crippen LogP contribution in [0.4, 0.5) is 8.78 Å². The maximum absolute atomic E-state index is 12.6. The van der Waals surface area contributed by atoms with Gasteiger partial charge in [-0.3, -0.25) is 0 Å². The predicted octanol–water partition coefficient (Wildman–Crippen LogP) is 3.52. The maximum atomic E-state index is 12.6. The molecule has 0 bridgehead atoms. The van der Waals surface area contributed by atoms with E-state index in [0.29, 0.717) is 24.1 Å². The number of nitrogens with one attached hydrogen (secondary N) is 2. The molecule has 0 amide bonds. The molecule has 2 N–H and O–H groups in total. The van der Waals surface area contributed by atoms with Crippen molar-refractivity contribution in [2.24, 2.45) is 12.0 Å². The Morgan fingerprint density at radius 3 is 2.66 bits per heavy atom. The fourth-order valence-electron chi connectivity index (χ4n) is 3.19. The van der Waals surface area contributed by atoms with Crippen molar-refractivity contribution in [3.8, 4) is 5.75 Å². The summed E-state index contributed by atoms with van der Waals surface area (Å²) in [6.45, 7) is -0.283. The molecule has 0 saturated heterocycles. The van der Waals surface area contributed by atoms with E-state index in [0.717, 1.165) is 24.5 Å². The van der Waals surface area contributed by atoms with E-state index in [4.69, 9.17) is 0 Å². The Balaban J connectivity index is 0.00000300. The third kappa shape index (κ3) is 6.79. The van der Waals surface area contributed by atoms with Crippen LogP contribution in [-0.4, -0.2) is 33.4 Å². The Morgan fingerprint density at radius 1 is 1.28 bits per heavy atom. The first kappa shape index (κ1) is 23.3. The van der Waals surface area contributed by atoms with Crippen LogP contribution in [0, 0.1) is 6.92 Å². The van der Waals surface area contributed by atoms with Crippen LogP contribution in [0.1, 0.15) is 42.9 Å². The van der Waals surface area contributed by atoms with Gasteiger partial charge in [-0.15, -0.1) is 34.2 Å². The molecule has 0 unspecified atom stereocenters. The van der Waals surface area contributed by atoms with Crippen LogP contribution in [0.15, 0.2) is 29.3 Å². The van der Waals surface area contributed by atoms with Gasteiger partial charge in [0.05, 0.1) is 13.1 Å². The normalized spacial score (nSPS) is 14.7. The molecule has 1 heterocycles. The number of benzene rings is 1. The zero-order chi connectivity index (χ0) is 19.9. The molecule has 3 rings (SSSR count). The van der Waals surface area contributed by atoms with Gasteiger partial charge in [0.15, 0.2) is 11.8 Å². The van der Waals surface area contributed by atoms with Crippen LogP contribution in [0.5, 0.6) is 5.75 Å². The van der Waals surface area contributed by atoms with Crippen molar-refractivity contribution >= 4 is 29.9 Å². The molecule has 0 radical (unpaired) electrons. The highest BCUT2D eigenvalue weighted by molar-refractivity contribution is 14.0. The second-order valence-corrected chi connectivity index (χ2v) is 6.85. The summed E-state index contributed by atoms with van der Waals surface area (Å²) in [5, 5.41) is 14.9. The van der Waals surface area contributed by atoms with Gasteiger partial charge in [-0.25, -0.2) is 4.99 Å². The molecular formula is C19H27F2IN6O. The van der Waals surface area contributed by atoms with E-state index in [1.165, 1.54) is 18.9 Å². The average molecular weight is 520 g/mol. The zero-order valence-electron chi connectivity index (χ0n) is 16.6. The van der Waals surface area contributed by atoms with E-state index in [1.54, 1.807) is 18.2 Å². The van der Waals surface area contributed by atoms with Gasteiger partial charge in [-0.05, 0) is 25.8 Å². The number of aromatic nitrogens is 3. The summed E-state index contributed by atoms with van der Waals surface area (Å²) in [6, 6.07) is 7.07. The van der Waals surface area contributed by atoms with Crippen molar-refractivity contribution < 1.29 is 13.5 Å². The molecule has 0 aliphatic heterocycles. The molecule has 1 aliphatic rings.